The SMILES string of the molecule is C[C@H](N)C(=O)O.N[C@@H](CC(=O)O)C(=O)O.N[C@@H](CS)C(=O)O. The number of nitrogens with two attached hydrogens (primary N) is 3. The average molecular weight is 343 g/mol. The van der Waals surface area contributed by atoms with Crippen LogP contribution in [0.4, 0.5) is 0 Å². The van der Waals surface area contributed by atoms with E-state index in [0.717, 1.165) is 0 Å². The lowest BCUT2D eigenvalue weighted by Crippen LogP contribution is -2.32. The minimum atomic E-state index is -1.29. The molecule has 0 spiro atoms. The molecule has 0 unspecified atom stereocenters. The Morgan fingerprint density at radius 3 is 1.23 bits per heavy atom. The summed E-state index contributed by atoms with van der Waals surface area (Å²) in [5.74, 6) is -4.28. The Morgan fingerprint density at radius 1 is 0.864 bits per heavy atom. The van der Waals surface area contributed by atoms with Gasteiger partial charge in [0.1, 0.15) is 18.1 Å². The van der Waals surface area contributed by atoms with E-state index in [1.54, 1.807) is 0 Å². The largest absolute Gasteiger partial charge is 0.481 e. The zero-order valence-electron chi connectivity index (χ0n) is 11.7. The molecule has 0 amide bonds. The van der Waals surface area contributed by atoms with Crippen molar-refractivity contribution in [1.82, 2.24) is 0 Å². The molecule has 0 aromatic heterocycles. The summed E-state index contributed by atoms with van der Waals surface area (Å²) < 4.78 is 0. The van der Waals surface area contributed by atoms with Crippen molar-refractivity contribution in [3.05, 3.63) is 0 Å². The Hall–Kier alpha value is -1.89. The third kappa shape index (κ3) is 20.4. The predicted molar refractivity (Wildman–Crippen MR) is 78.6 cm³/mol. The fourth-order valence-electron chi connectivity index (χ4n) is 0.354. The first-order chi connectivity index (χ1) is 9.86. The van der Waals surface area contributed by atoms with Crippen molar-refractivity contribution < 1.29 is 39.6 Å². The summed E-state index contributed by atoms with van der Waals surface area (Å²) in [5, 5.41) is 31.9. The lowest BCUT2D eigenvalue weighted by Gasteiger charge is -1.99. The van der Waals surface area contributed by atoms with Gasteiger partial charge >= 0.3 is 23.9 Å². The minimum absolute atomic E-state index is 0.190. The van der Waals surface area contributed by atoms with E-state index in [1.165, 1.54) is 6.92 Å². The molecule has 0 aliphatic rings. The fraction of sp³-hybridized carbons (Fsp3) is 0.600. The molecule has 0 aliphatic heterocycles. The van der Waals surface area contributed by atoms with E-state index in [2.05, 4.69) is 12.6 Å². The third-order valence-corrected chi connectivity index (χ3v) is 2.01. The lowest BCUT2D eigenvalue weighted by molar-refractivity contribution is -0.144. The maximum absolute atomic E-state index is 9.85. The molecule has 0 aromatic rings. The van der Waals surface area contributed by atoms with Gasteiger partial charge in [-0.1, -0.05) is 0 Å². The second-order valence-electron chi connectivity index (χ2n) is 3.80. The second-order valence-corrected chi connectivity index (χ2v) is 4.16. The Kier molecular flexibility index (Phi) is 16.0. The standard InChI is InChI=1S/C4H7NO4.C3H7NO2S.C3H7NO2/c5-2(4(8)9)1-3(6)7;4-2(1-7)3(5)6;1-2(4)3(5)6/h2H,1,5H2,(H,6,7)(H,8,9);2,7H,1,4H2,(H,5,6);2H,4H2,1H3,(H,5,6)/t3*2-/m000/s1. The molecule has 0 heterocycles. The smallest absolute Gasteiger partial charge is 0.321 e. The van der Waals surface area contributed by atoms with Gasteiger partial charge in [-0.25, -0.2) is 0 Å². The van der Waals surface area contributed by atoms with Crippen molar-refractivity contribution in [3.63, 3.8) is 0 Å². The molecule has 0 aromatic carbocycles. The van der Waals surface area contributed by atoms with Crippen LogP contribution in [-0.2, 0) is 19.2 Å². The first-order valence-corrected chi connectivity index (χ1v) is 6.27. The summed E-state index contributed by atoms with van der Waals surface area (Å²) in [7, 11) is 0. The number of carboxylic acid groups (broad SMARTS) is 4. The van der Waals surface area contributed by atoms with Crippen LogP contribution in [0.1, 0.15) is 13.3 Å². The van der Waals surface area contributed by atoms with Crippen LogP contribution in [0.2, 0.25) is 0 Å². The van der Waals surface area contributed by atoms with E-state index >= 15 is 0 Å². The van der Waals surface area contributed by atoms with Crippen molar-refractivity contribution in [3.8, 4) is 0 Å². The first kappa shape index (κ1) is 25.1. The van der Waals surface area contributed by atoms with Gasteiger partial charge in [-0.3, -0.25) is 19.2 Å². The first-order valence-electron chi connectivity index (χ1n) is 5.64. The van der Waals surface area contributed by atoms with Gasteiger partial charge in [0.15, 0.2) is 0 Å². The van der Waals surface area contributed by atoms with E-state index in [1.807, 2.05) is 0 Å². The number of rotatable bonds is 6. The highest BCUT2D eigenvalue weighted by Gasteiger charge is 2.14. The minimum Gasteiger partial charge on any atom is -0.481 e. The number of thiol groups is 1. The number of carboxylic acids is 4. The molecule has 0 radical (unpaired) electrons. The molecule has 0 fully saturated rings. The van der Waals surface area contributed by atoms with Gasteiger partial charge in [-0.2, -0.15) is 12.6 Å². The van der Waals surface area contributed by atoms with E-state index in [-0.39, 0.29) is 5.75 Å². The Bertz CT molecular complexity index is 377. The summed E-state index contributed by atoms with van der Waals surface area (Å²) in [5.41, 5.74) is 14.6. The van der Waals surface area contributed by atoms with Gasteiger partial charge in [-0.15, -0.1) is 0 Å². The van der Waals surface area contributed by atoms with Crippen LogP contribution in [-0.4, -0.2) is 68.2 Å². The molecule has 130 valence electrons. The molecule has 0 saturated heterocycles. The van der Waals surface area contributed by atoms with Crippen LogP contribution >= 0.6 is 12.6 Å². The number of hydrogen-bond donors (Lipinski definition) is 8. The zero-order chi connectivity index (χ0) is 18.5. The van der Waals surface area contributed by atoms with Gasteiger partial charge in [-0.05, 0) is 6.92 Å². The average Bonchev–Trinajstić information content (AvgIpc) is 2.37. The van der Waals surface area contributed by atoms with Crippen LogP contribution in [0.5, 0.6) is 0 Å². The molecule has 0 aliphatic carbocycles. The summed E-state index contributed by atoms with van der Waals surface area (Å²) in [4.78, 5) is 38.9. The third-order valence-electron chi connectivity index (χ3n) is 1.62. The maximum atomic E-state index is 9.85. The second kappa shape index (κ2) is 14.1. The van der Waals surface area contributed by atoms with Gasteiger partial charge in [0.2, 0.25) is 0 Å². The van der Waals surface area contributed by atoms with E-state index in [0.29, 0.717) is 0 Å². The highest BCUT2D eigenvalue weighted by molar-refractivity contribution is 7.80. The molecule has 22 heavy (non-hydrogen) atoms. The molecule has 11 nitrogen and oxygen atoms in total. The Labute approximate surface area is 131 Å². The van der Waals surface area contributed by atoms with Crippen LogP contribution in [0.25, 0.3) is 0 Å². The number of carbonyl (C=O) groups is 4. The van der Waals surface area contributed by atoms with Crippen molar-refractivity contribution in [2.24, 2.45) is 17.2 Å². The molecule has 3 atom stereocenters. The molecular formula is C10H21N3O8S. The molecule has 0 saturated carbocycles. The quantitative estimate of drug-likeness (QED) is 0.237. The summed E-state index contributed by atoms with van der Waals surface area (Å²) in [6.07, 6.45) is -0.532. The highest BCUT2D eigenvalue weighted by atomic mass is 32.1. The van der Waals surface area contributed by atoms with Gasteiger partial charge in [0.25, 0.3) is 0 Å². The molecular weight excluding hydrogens is 322 g/mol. The van der Waals surface area contributed by atoms with Gasteiger partial charge in [0, 0.05) is 5.75 Å². The molecule has 10 N–H and O–H groups in total. The van der Waals surface area contributed by atoms with Crippen molar-refractivity contribution in [2.75, 3.05) is 5.75 Å². The monoisotopic (exact) mass is 343 g/mol. The van der Waals surface area contributed by atoms with Crippen LogP contribution in [0.3, 0.4) is 0 Å². The highest BCUT2D eigenvalue weighted by Crippen LogP contribution is 1.86. The normalized spacial score (nSPS) is 13.1. The van der Waals surface area contributed by atoms with Crippen LogP contribution in [0, 0.1) is 0 Å². The predicted octanol–water partition coefficient (Wildman–Crippen LogP) is -2.38. The van der Waals surface area contributed by atoms with Crippen molar-refractivity contribution in [1.29, 1.82) is 0 Å². The van der Waals surface area contributed by atoms with Crippen molar-refractivity contribution >= 4 is 36.5 Å². The van der Waals surface area contributed by atoms with Gasteiger partial charge < -0.3 is 37.6 Å². The van der Waals surface area contributed by atoms with E-state index in [4.69, 9.17) is 37.6 Å². The number of aliphatic carboxylic acids is 4. The molecule has 12 heteroatoms. The Morgan fingerprint density at radius 2 is 1.18 bits per heavy atom. The Balaban J connectivity index is -0.000000252. The van der Waals surface area contributed by atoms with E-state index < -0.39 is 48.4 Å². The summed E-state index contributed by atoms with van der Waals surface area (Å²) in [6, 6.07) is -2.84. The lowest BCUT2D eigenvalue weighted by atomic mass is 10.2. The molecule has 0 bridgehead atoms. The fourth-order valence-corrected chi connectivity index (χ4v) is 0.510. The topological polar surface area (TPSA) is 227 Å². The van der Waals surface area contributed by atoms with Crippen LogP contribution < -0.4 is 17.2 Å². The van der Waals surface area contributed by atoms with Gasteiger partial charge in [0.05, 0.1) is 6.42 Å². The molecule has 0 rings (SSSR count). The maximum Gasteiger partial charge on any atom is 0.321 e. The summed E-state index contributed by atoms with van der Waals surface area (Å²) >= 11 is 3.65. The number of hydrogen-bond acceptors (Lipinski definition) is 8. The van der Waals surface area contributed by atoms with E-state index in [9.17, 15) is 19.2 Å². The van der Waals surface area contributed by atoms with Crippen molar-refractivity contribution in [2.45, 2.75) is 31.5 Å². The zero-order valence-corrected chi connectivity index (χ0v) is 12.6. The summed E-state index contributed by atoms with van der Waals surface area (Å²) in [6.45, 7) is 1.42. The van der Waals surface area contributed by atoms with Crippen LogP contribution in [0.15, 0.2) is 0 Å².